The molecule has 1 aliphatic heterocycles. The van der Waals surface area contributed by atoms with Gasteiger partial charge in [0.2, 0.25) is 5.95 Å². The first-order valence-electron chi connectivity index (χ1n) is 8.04. The Morgan fingerprint density at radius 3 is 2.26 bits per heavy atom. The Morgan fingerprint density at radius 2 is 1.61 bits per heavy atom. The van der Waals surface area contributed by atoms with E-state index in [0.717, 1.165) is 55.7 Å². The molecule has 0 aromatic carbocycles. The average Bonchev–Trinajstić information content (AvgIpc) is 2.55. The summed E-state index contributed by atoms with van der Waals surface area (Å²) >= 11 is 0. The lowest BCUT2D eigenvalue weighted by atomic mass is 10.3. The quantitative estimate of drug-likeness (QED) is 0.920. The first-order valence-corrected chi connectivity index (χ1v) is 8.04. The molecule has 0 spiro atoms. The maximum absolute atomic E-state index is 4.62. The molecule has 1 N–H and O–H groups in total. The predicted octanol–water partition coefficient (Wildman–Crippen LogP) is 1.64. The van der Waals surface area contributed by atoms with Crippen molar-refractivity contribution in [1.82, 2.24) is 19.9 Å². The van der Waals surface area contributed by atoms with E-state index in [2.05, 4.69) is 35.1 Å². The van der Waals surface area contributed by atoms with E-state index in [4.69, 9.17) is 0 Å². The van der Waals surface area contributed by atoms with Gasteiger partial charge in [0.25, 0.3) is 0 Å². The van der Waals surface area contributed by atoms with E-state index in [0.29, 0.717) is 5.95 Å². The maximum Gasteiger partial charge on any atom is 0.224 e. The van der Waals surface area contributed by atoms with Crippen LogP contribution in [0.1, 0.15) is 18.3 Å². The molecule has 0 amide bonds. The van der Waals surface area contributed by atoms with Crippen LogP contribution in [0.15, 0.2) is 18.5 Å². The number of hydrogen-bond acceptors (Lipinski definition) is 7. The number of rotatable bonds is 4. The van der Waals surface area contributed by atoms with Crippen molar-refractivity contribution in [1.29, 1.82) is 0 Å². The minimum absolute atomic E-state index is 0.703. The van der Waals surface area contributed by atoms with Crippen molar-refractivity contribution in [2.75, 3.05) is 47.8 Å². The van der Waals surface area contributed by atoms with Crippen molar-refractivity contribution in [3.05, 3.63) is 29.8 Å². The Kier molecular flexibility index (Phi) is 4.55. The molecule has 7 nitrogen and oxygen atoms in total. The van der Waals surface area contributed by atoms with Gasteiger partial charge in [-0.3, -0.25) is 4.98 Å². The van der Waals surface area contributed by atoms with Crippen LogP contribution in [-0.4, -0.2) is 52.7 Å². The van der Waals surface area contributed by atoms with Crippen molar-refractivity contribution < 1.29 is 0 Å². The number of aryl methyl sites for hydroxylation is 2. The van der Waals surface area contributed by atoms with Gasteiger partial charge in [-0.2, -0.15) is 4.98 Å². The lowest BCUT2D eigenvalue weighted by molar-refractivity contribution is 0.639. The average molecular weight is 313 g/mol. The van der Waals surface area contributed by atoms with E-state index in [1.807, 2.05) is 33.0 Å². The fraction of sp³-hybridized carbons (Fsp3) is 0.500. The molecule has 3 rings (SSSR count). The smallest absolute Gasteiger partial charge is 0.224 e. The first kappa shape index (κ1) is 15.5. The first-order chi connectivity index (χ1) is 11.2. The predicted molar refractivity (Wildman–Crippen MR) is 92.1 cm³/mol. The molecule has 1 aliphatic rings. The molecule has 1 fully saturated rings. The Labute approximate surface area is 136 Å². The Morgan fingerprint density at radius 1 is 0.913 bits per heavy atom. The van der Waals surface area contributed by atoms with Crippen molar-refractivity contribution in [3.8, 4) is 0 Å². The van der Waals surface area contributed by atoms with Crippen LogP contribution >= 0.6 is 0 Å². The summed E-state index contributed by atoms with van der Waals surface area (Å²) in [5.74, 6) is 2.65. The number of anilines is 3. The molecule has 0 atom stereocenters. The van der Waals surface area contributed by atoms with E-state index < -0.39 is 0 Å². The SMILES string of the molecule is CCNc1nc(C)cc(N2CCN(c3cncc(C)n3)CC2)n1. The summed E-state index contributed by atoms with van der Waals surface area (Å²) in [5, 5.41) is 3.19. The maximum atomic E-state index is 4.62. The highest BCUT2D eigenvalue weighted by Crippen LogP contribution is 2.19. The molecule has 2 aromatic heterocycles. The number of hydrogen-bond donors (Lipinski definition) is 1. The zero-order chi connectivity index (χ0) is 16.2. The minimum Gasteiger partial charge on any atom is -0.354 e. The van der Waals surface area contributed by atoms with Crippen LogP contribution in [0.2, 0.25) is 0 Å². The Bertz CT molecular complexity index is 665. The van der Waals surface area contributed by atoms with Gasteiger partial charge in [0.15, 0.2) is 0 Å². The lowest BCUT2D eigenvalue weighted by Gasteiger charge is -2.36. The van der Waals surface area contributed by atoms with Gasteiger partial charge in [0.1, 0.15) is 11.6 Å². The van der Waals surface area contributed by atoms with Gasteiger partial charge in [-0.05, 0) is 20.8 Å². The van der Waals surface area contributed by atoms with Crippen LogP contribution < -0.4 is 15.1 Å². The highest BCUT2D eigenvalue weighted by molar-refractivity contribution is 5.47. The number of nitrogens with zero attached hydrogens (tertiary/aromatic N) is 6. The van der Waals surface area contributed by atoms with Crippen LogP contribution in [0.3, 0.4) is 0 Å². The zero-order valence-electron chi connectivity index (χ0n) is 14.0. The normalized spacial score (nSPS) is 14.9. The third kappa shape index (κ3) is 3.67. The van der Waals surface area contributed by atoms with Crippen LogP contribution in [0.5, 0.6) is 0 Å². The van der Waals surface area contributed by atoms with Crippen LogP contribution in [0.4, 0.5) is 17.6 Å². The standard InChI is InChI=1S/C16H23N7/c1-4-18-16-20-12(2)9-14(21-16)22-5-7-23(8-6-22)15-11-17-10-13(3)19-15/h9-11H,4-8H2,1-3H3,(H,18,20,21). The van der Waals surface area contributed by atoms with E-state index in [-0.39, 0.29) is 0 Å². The van der Waals surface area contributed by atoms with Gasteiger partial charge in [0.05, 0.1) is 11.9 Å². The van der Waals surface area contributed by atoms with Crippen LogP contribution in [-0.2, 0) is 0 Å². The summed E-state index contributed by atoms with van der Waals surface area (Å²) in [6.45, 7) is 10.5. The van der Waals surface area contributed by atoms with Crippen molar-refractivity contribution in [3.63, 3.8) is 0 Å². The second-order valence-electron chi connectivity index (χ2n) is 5.71. The van der Waals surface area contributed by atoms with Gasteiger partial charge < -0.3 is 15.1 Å². The Balaban J connectivity index is 1.69. The summed E-state index contributed by atoms with van der Waals surface area (Å²) < 4.78 is 0. The largest absolute Gasteiger partial charge is 0.354 e. The highest BCUT2D eigenvalue weighted by atomic mass is 15.3. The van der Waals surface area contributed by atoms with Crippen molar-refractivity contribution in [2.45, 2.75) is 20.8 Å². The number of piperazine rings is 1. The molecule has 122 valence electrons. The highest BCUT2D eigenvalue weighted by Gasteiger charge is 2.20. The number of nitrogens with one attached hydrogen (secondary N) is 1. The van der Waals surface area contributed by atoms with E-state index >= 15 is 0 Å². The lowest BCUT2D eigenvalue weighted by Crippen LogP contribution is -2.47. The van der Waals surface area contributed by atoms with Gasteiger partial charge in [-0.15, -0.1) is 0 Å². The molecule has 0 saturated carbocycles. The van der Waals surface area contributed by atoms with Gasteiger partial charge in [0, 0.05) is 50.7 Å². The molecule has 1 saturated heterocycles. The summed E-state index contributed by atoms with van der Waals surface area (Å²) in [5.41, 5.74) is 1.93. The fourth-order valence-electron chi connectivity index (χ4n) is 2.72. The monoisotopic (exact) mass is 313 g/mol. The van der Waals surface area contributed by atoms with Gasteiger partial charge >= 0.3 is 0 Å². The number of aromatic nitrogens is 4. The van der Waals surface area contributed by atoms with E-state index in [9.17, 15) is 0 Å². The molecule has 0 radical (unpaired) electrons. The molecule has 23 heavy (non-hydrogen) atoms. The molecule has 3 heterocycles. The molecule has 2 aromatic rings. The molecule has 7 heteroatoms. The molecule has 0 bridgehead atoms. The molecule has 0 aliphatic carbocycles. The molecule has 0 unspecified atom stereocenters. The van der Waals surface area contributed by atoms with Crippen molar-refractivity contribution in [2.24, 2.45) is 0 Å². The summed E-state index contributed by atoms with van der Waals surface area (Å²) in [6.07, 6.45) is 3.62. The fourth-order valence-corrected chi connectivity index (χ4v) is 2.72. The second kappa shape index (κ2) is 6.76. The van der Waals surface area contributed by atoms with Crippen molar-refractivity contribution >= 4 is 17.6 Å². The van der Waals surface area contributed by atoms with E-state index in [1.165, 1.54) is 0 Å². The topological polar surface area (TPSA) is 70.1 Å². The Hall–Kier alpha value is -2.44. The van der Waals surface area contributed by atoms with Gasteiger partial charge in [-0.25, -0.2) is 9.97 Å². The zero-order valence-corrected chi connectivity index (χ0v) is 14.0. The molecular weight excluding hydrogens is 290 g/mol. The minimum atomic E-state index is 0.703. The molecular formula is C16H23N7. The third-order valence-corrected chi connectivity index (χ3v) is 3.85. The van der Waals surface area contributed by atoms with E-state index in [1.54, 1.807) is 6.20 Å². The summed E-state index contributed by atoms with van der Waals surface area (Å²) in [6, 6.07) is 2.04. The second-order valence-corrected chi connectivity index (χ2v) is 5.71. The van der Waals surface area contributed by atoms with Crippen LogP contribution in [0.25, 0.3) is 0 Å². The van der Waals surface area contributed by atoms with Crippen LogP contribution in [0, 0.1) is 13.8 Å². The van der Waals surface area contributed by atoms with Gasteiger partial charge in [-0.1, -0.05) is 0 Å². The summed E-state index contributed by atoms with van der Waals surface area (Å²) in [7, 11) is 0. The summed E-state index contributed by atoms with van der Waals surface area (Å²) in [4.78, 5) is 22.4. The third-order valence-electron chi connectivity index (χ3n) is 3.85.